The highest BCUT2D eigenvalue weighted by atomic mass is 35.7. The predicted molar refractivity (Wildman–Crippen MR) is 75.3 cm³/mol. The van der Waals surface area contributed by atoms with Gasteiger partial charge in [-0.25, -0.2) is 12.8 Å². The van der Waals surface area contributed by atoms with Gasteiger partial charge in [-0.3, -0.25) is 4.79 Å². The van der Waals surface area contributed by atoms with Crippen molar-refractivity contribution < 1.29 is 22.3 Å². The maximum absolute atomic E-state index is 13.1. The van der Waals surface area contributed by atoms with Gasteiger partial charge in [-0.15, -0.1) is 0 Å². The van der Waals surface area contributed by atoms with E-state index in [9.17, 15) is 17.6 Å². The Kier molecular flexibility index (Phi) is 5.05. The SMILES string of the molecule is O=C(COc1ccc(F)cc1S(=O)(=O)Cl)NC1CCCC1. The first-order valence-corrected chi connectivity index (χ1v) is 8.83. The monoisotopic (exact) mass is 335 g/mol. The highest BCUT2D eigenvalue weighted by molar-refractivity contribution is 8.13. The normalized spacial score (nSPS) is 15.9. The fourth-order valence-corrected chi connectivity index (χ4v) is 3.26. The second-order valence-electron chi connectivity index (χ2n) is 4.87. The number of carbonyl (C=O) groups excluding carboxylic acids is 1. The van der Waals surface area contributed by atoms with Crippen LogP contribution in [0, 0.1) is 5.82 Å². The summed E-state index contributed by atoms with van der Waals surface area (Å²) >= 11 is 0. The van der Waals surface area contributed by atoms with Crippen LogP contribution >= 0.6 is 10.7 Å². The second-order valence-corrected chi connectivity index (χ2v) is 7.40. The van der Waals surface area contributed by atoms with Crippen LogP contribution in [0.25, 0.3) is 0 Å². The Morgan fingerprint density at radius 1 is 1.38 bits per heavy atom. The quantitative estimate of drug-likeness (QED) is 0.837. The van der Waals surface area contributed by atoms with Crippen LogP contribution in [-0.4, -0.2) is 27.0 Å². The summed E-state index contributed by atoms with van der Waals surface area (Å²) in [7, 11) is 1.06. The van der Waals surface area contributed by atoms with E-state index in [2.05, 4.69) is 5.32 Å². The van der Waals surface area contributed by atoms with Crippen molar-refractivity contribution >= 4 is 25.6 Å². The third-order valence-corrected chi connectivity index (χ3v) is 4.59. The molecule has 0 atom stereocenters. The summed E-state index contributed by atoms with van der Waals surface area (Å²) < 4.78 is 40.9. The molecule has 1 saturated carbocycles. The zero-order valence-corrected chi connectivity index (χ0v) is 12.7. The van der Waals surface area contributed by atoms with E-state index < -0.39 is 19.8 Å². The van der Waals surface area contributed by atoms with Gasteiger partial charge in [-0.05, 0) is 31.0 Å². The van der Waals surface area contributed by atoms with Gasteiger partial charge in [-0.1, -0.05) is 12.8 Å². The molecule has 5 nitrogen and oxygen atoms in total. The van der Waals surface area contributed by atoms with Crippen LogP contribution in [0.15, 0.2) is 23.1 Å². The Hall–Kier alpha value is -1.34. The van der Waals surface area contributed by atoms with Crippen LogP contribution in [0.2, 0.25) is 0 Å². The minimum absolute atomic E-state index is 0.144. The van der Waals surface area contributed by atoms with Crippen molar-refractivity contribution in [1.82, 2.24) is 5.32 Å². The lowest BCUT2D eigenvalue weighted by Crippen LogP contribution is -2.36. The fourth-order valence-electron chi connectivity index (χ4n) is 2.27. The molecule has 0 heterocycles. The topological polar surface area (TPSA) is 72.5 Å². The summed E-state index contributed by atoms with van der Waals surface area (Å²) in [6, 6.07) is 3.07. The standard InChI is InChI=1S/C13H15ClFNO4S/c14-21(18,19)12-7-9(15)5-6-11(12)20-8-13(17)16-10-3-1-2-4-10/h5-7,10H,1-4,8H2,(H,16,17). The number of hydrogen-bond acceptors (Lipinski definition) is 4. The Labute approximate surface area is 126 Å². The summed E-state index contributed by atoms with van der Waals surface area (Å²) in [6.45, 7) is -0.346. The molecule has 0 aromatic heterocycles. The number of hydrogen-bond donors (Lipinski definition) is 1. The van der Waals surface area contributed by atoms with Gasteiger partial charge < -0.3 is 10.1 Å². The number of nitrogens with one attached hydrogen (secondary N) is 1. The van der Waals surface area contributed by atoms with Crippen LogP contribution in [0.1, 0.15) is 25.7 Å². The minimum atomic E-state index is -4.15. The van der Waals surface area contributed by atoms with Crippen molar-refractivity contribution in [2.45, 2.75) is 36.6 Å². The molecule has 0 bridgehead atoms. The van der Waals surface area contributed by atoms with E-state index >= 15 is 0 Å². The zero-order chi connectivity index (χ0) is 15.5. The highest BCUT2D eigenvalue weighted by Crippen LogP contribution is 2.27. The minimum Gasteiger partial charge on any atom is -0.482 e. The molecule has 1 aromatic carbocycles. The number of halogens is 2. The molecule has 0 saturated heterocycles. The van der Waals surface area contributed by atoms with Gasteiger partial charge >= 0.3 is 0 Å². The zero-order valence-electron chi connectivity index (χ0n) is 11.1. The number of benzene rings is 1. The molecule has 21 heavy (non-hydrogen) atoms. The molecule has 2 rings (SSSR count). The average molecular weight is 336 g/mol. The Morgan fingerprint density at radius 3 is 2.67 bits per heavy atom. The van der Waals surface area contributed by atoms with Crippen molar-refractivity contribution in [3.63, 3.8) is 0 Å². The van der Waals surface area contributed by atoms with Crippen LogP contribution < -0.4 is 10.1 Å². The van der Waals surface area contributed by atoms with Gasteiger partial charge in [0.05, 0.1) is 0 Å². The molecule has 116 valence electrons. The largest absolute Gasteiger partial charge is 0.482 e. The molecule has 8 heteroatoms. The van der Waals surface area contributed by atoms with E-state index in [1.165, 1.54) is 0 Å². The summed E-state index contributed by atoms with van der Waals surface area (Å²) in [5.74, 6) is -1.24. The lowest BCUT2D eigenvalue weighted by Gasteiger charge is -2.13. The first-order valence-electron chi connectivity index (χ1n) is 6.52. The molecule has 1 aliphatic carbocycles. The molecule has 1 aliphatic rings. The van der Waals surface area contributed by atoms with Crippen LogP contribution in [-0.2, 0) is 13.8 Å². The van der Waals surface area contributed by atoms with Crippen LogP contribution in [0.4, 0.5) is 4.39 Å². The Morgan fingerprint density at radius 2 is 2.05 bits per heavy atom. The second kappa shape index (κ2) is 6.62. The van der Waals surface area contributed by atoms with E-state index in [4.69, 9.17) is 15.4 Å². The van der Waals surface area contributed by atoms with Gasteiger partial charge in [0.2, 0.25) is 0 Å². The first-order chi connectivity index (χ1) is 9.86. The summed E-state index contributed by atoms with van der Waals surface area (Å²) in [5, 5.41) is 2.80. The first kappa shape index (κ1) is 16.0. The molecular formula is C13H15ClFNO4S. The Balaban J connectivity index is 2.01. The fraction of sp³-hybridized carbons (Fsp3) is 0.462. The summed E-state index contributed by atoms with van der Waals surface area (Å²) in [6.07, 6.45) is 4.03. The van der Waals surface area contributed by atoms with Crippen molar-refractivity contribution in [3.05, 3.63) is 24.0 Å². The number of rotatable bonds is 5. The summed E-state index contributed by atoms with van der Waals surface area (Å²) in [5.41, 5.74) is 0. The molecule has 0 aliphatic heterocycles. The third-order valence-electron chi connectivity index (χ3n) is 3.25. The molecule has 0 spiro atoms. The van der Waals surface area contributed by atoms with Gasteiger partial charge in [0.25, 0.3) is 15.0 Å². The van der Waals surface area contributed by atoms with Crippen molar-refractivity contribution in [3.8, 4) is 5.75 Å². The van der Waals surface area contributed by atoms with Gasteiger partial charge in [0, 0.05) is 16.7 Å². The maximum Gasteiger partial charge on any atom is 0.265 e. The average Bonchev–Trinajstić information content (AvgIpc) is 2.89. The molecule has 1 fully saturated rings. The van der Waals surface area contributed by atoms with Crippen molar-refractivity contribution in [1.29, 1.82) is 0 Å². The highest BCUT2D eigenvalue weighted by Gasteiger charge is 2.20. The smallest absolute Gasteiger partial charge is 0.265 e. The van der Waals surface area contributed by atoms with E-state index in [0.717, 1.165) is 43.9 Å². The number of carbonyl (C=O) groups is 1. The lowest BCUT2D eigenvalue weighted by molar-refractivity contribution is -0.123. The predicted octanol–water partition coefficient (Wildman–Crippen LogP) is 2.19. The summed E-state index contributed by atoms with van der Waals surface area (Å²) in [4.78, 5) is 11.2. The Bertz CT molecular complexity index is 629. The molecular weight excluding hydrogens is 321 g/mol. The van der Waals surface area contributed by atoms with Crippen LogP contribution in [0.3, 0.4) is 0 Å². The van der Waals surface area contributed by atoms with Gasteiger partial charge in [0.15, 0.2) is 6.61 Å². The third kappa shape index (κ3) is 4.57. The number of amides is 1. The van der Waals surface area contributed by atoms with E-state index in [1.807, 2.05) is 0 Å². The van der Waals surface area contributed by atoms with E-state index in [1.54, 1.807) is 0 Å². The van der Waals surface area contributed by atoms with Gasteiger partial charge in [-0.2, -0.15) is 0 Å². The van der Waals surface area contributed by atoms with E-state index in [0.29, 0.717) is 0 Å². The molecule has 0 radical (unpaired) electrons. The number of ether oxygens (including phenoxy) is 1. The molecule has 0 unspecified atom stereocenters. The molecule has 1 aromatic rings. The van der Waals surface area contributed by atoms with E-state index in [-0.39, 0.29) is 24.3 Å². The van der Waals surface area contributed by atoms with Gasteiger partial charge in [0.1, 0.15) is 16.5 Å². The molecule has 1 N–H and O–H groups in total. The van der Waals surface area contributed by atoms with Crippen molar-refractivity contribution in [2.24, 2.45) is 0 Å². The lowest BCUT2D eigenvalue weighted by atomic mass is 10.2. The van der Waals surface area contributed by atoms with Crippen LogP contribution in [0.5, 0.6) is 5.75 Å². The maximum atomic E-state index is 13.1. The van der Waals surface area contributed by atoms with Crippen molar-refractivity contribution in [2.75, 3.05) is 6.61 Å². The molecule has 1 amide bonds.